The summed E-state index contributed by atoms with van der Waals surface area (Å²) in [7, 11) is 1.56. The Bertz CT molecular complexity index is 577. The Kier molecular flexibility index (Phi) is 5.17. The van der Waals surface area contributed by atoms with Gasteiger partial charge in [0.05, 0.1) is 12.8 Å². The van der Waals surface area contributed by atoms with Crippen LogP contribution < -0.4 is 21.1 Å². The molecule has 5 heteroatoms. The summed E-state index contributed by atoms with van der Waals surface area (Å²) >= 11 is 0. The zero-order chi connectivity index (χ0) is 15.1. The van der Waals surface area contributed by atoms with Gasteiger partial charge < -0.3 is 21.1 Å². The summed E-state index contributed by atoms with van der Waals surface area (Å²) in [6.07, 6.45) is 0. The molecule has 0 spiro atoms. The molecule has 0 aliphatic heterocycles. The number of nitrogens with two attached hydrogens (primary N) is 1. The summed E-state index contributed by atoms with van der Waals surface area (Å²) in [6.45, 7) is 0.783. The van der Waals surface area contributed by atoms with Crippen molar-refractivity contribution in [1.82, 2.24) is 5.32 Å². The molecule has 2 amide bonds. The topological polar surface area (TPSA) is 76.4 Å². The van der Waals surface area contributed by atoms with E-state index in [0.717, 1.165) is 11.1 Å². The van der Waals surface area contributed by atoms with Crippen molar-refractivity contribution in [2.75, 3.05) is 12.4 Å². The largest absolute Gasteiger partial charge is 0.495 e. The summed E-state index contributed by atoms with van der Waals surface area (Å²) in [4.78, 5) is 12.0. The van der Waals surface area contributed by atoms with E-state index < -0.39 is 0 Å². The average Bonchev–Trinajstić information content (AvgIpc) is 2.54. The van der Waals surface area contributed by atoms with Crippen LogP contribution in [0.25, 0.3) is 0 Å². The molecule has 0 aliphatic carbocycles. The molecule has 0 unspecified atom stereocenters. The first-order valence-corrected chi connectivity index (χ1v) is 6.69. The molecule has 4 N–H and O–H groups in total. The Hall–Kier alpha value is -2.53. The van der Waals surface area contributed by atoms with Crippen molar-refractivity contribution in [2.24, 2.45) is 5.73 Å². The molecule has 110 valence electrons. The second-order valence-corrected chi connectivity index (χ2v) is 4.49. The molecule has 5 nitrogen and oxygen atoms in total. The highest BCUT2D eigenvalue weighted by atomic mass is 16.5. The molecule has 2 aromatic rings. The minimum Gasteiger partial charge on any atom is -0.495 e. The molecule has 0 bridgehead atoms. The van der Waals surface area contributed by atoms with Crippen molar-refractivity contribution in [2.45, 2.75) is 13.1 Å². The molecule has 0 aromatic heterocycles. The Labute approximate surface area is 124 Å². The van der Waals surface area contributed by atoms with E-state index in [1.165, 1.54) is 0 Å². The fourth-order valence-corrected chi connectivity index (χ4v) is 1.99. The van der Waals surface area contributed by atoms with Gasteiger partial charge in [-0.15, -0.1) is 0 Å². The van der Waals surface area contributed by atoms with Gasteiger partial charge in [-0.2, -0.15) is 0 Å². The zero-order valence-corrected chi connectivity index (χ0v) is 11.9. The number of amides is 2. The third kappa shape index (κ3) is 3.97. The Morgan fingerprint density at radius 2 is 1.90 bits per heavy atom. The molecular weight excluding hydrogens is 266 g/mol. The first-order chi connectivity index (χ1) is 10.2. The van der Waals surface area contributed by atoms with E-state index >= 15 is 0 Å². The SMILES string of the molecule is COc1cccc(CN)c1NC(=O)NCc1ccccc1. The molecular formula is C16H19N3O2. The first kappa shape index (κ1) is 14.9. The number of urea groups is 1. The number of methoxy groups -OCH3 is 1. The van der Waals surface area contributed by atoms with Crippen LogP contribution in [0, 0.1) is 0 Å². The lowest BCUT2D eigenvalue weighted by molar-refractivity contribution is 0.251. The second-order valence-electron chi connectivity index (χ2n) is 4.49. The van der Waals surface area contributed by atoms with Gasteiger partial charge in [0.25, 0.3) is 0 Å². The maximum Gasteiger partial charge on any atom is 0.319 e. The van der Waals surface area contributed by atoms with Gasteiger partial charge in [-0.05, 0) is 17.2 Å². The summed E-state index contributed by atoms with van der Waals surface area (Å²) < 4.78 is 5.25. The van der Waals surface area contributed by atoms with Gasteiger partial charge in [-0.25, -0.2) is 4.79 Å². The highest BCUT2D eigenvalue weighted by Crippen LogP contribution is 2.27. The van der Waals surface area contributed by atoms with E-state index in [9.17, 15) is 4.79 Å². The van der Waals surface area contributed by atoms with E-state index in [2.05, 4.69) is 10.6 Å². The number of carbonyl (C=O) groups is 1. The molecule has 0 radical (unpaired) electrons. The van der Waals surface area contributed by atoms with E-state index in [0.29, 0.717) is 24.5 Å². The van der Waals surface area contributed by atoms with Crippen molar-refractivity contribution >= 4 is 11.7 Å². The van der Waals surface area contributed by atoms with Crippen LogP contribution in [0.2, 0.25) is 0 Å². The number of carbonyl (C=O) groups excluding carboxylic acids is 1. The van der Waals surface area contributed by atoms with Crippen LogP contribution in [0.4, 0.5) is 10.5 Å². The van der Waals surface area contributed by atoms with E-state index in [1.54, 1.807) is 13.2 Å². The maximum absolute atomic E-state index is 12.0. The van der Waals surface area contributed by atoms with E-state index in [-0.39, 0.29) is 6.03 Å². The number of benzene rings is 2. The van der Waals surface area contributed by atoms with Crippen LogP contribution in [0.1, 0.15) is 11.1 Å². The molecule has 0 saturated heterocycles. The number of para-hydroxylation sites is 1. The molecule has 2 rings (SSSR count). The number of ether oxygens (including phenoxy) is 1. The fourth-order valence-electron chi connectivity index (χ4n) is 1.99. The first-order valence-electron chi connectivity index (χ1n) is 6.69. The van der Waals surface area contributed by atoms with Crippen molar-refractivity contribution in [3.8, 4) is 5.75 Å². The lowest BCUT2D eigenvalue weighted by Crippen LogP contribution is -2.29. The molecule has 2 aromatic carbocycles. The van der Waals surface area contributed by atoms with Crippen molar-refractivity contribution < 1.29 is 9.53 Å². The van der Waals surface area contributed by atoms with Gasteiger partial charge >= 0.3 is 6.03 Å². The smallest absolute Gasteiger partial charge is 0.319 e. The summed E-state index contributed by atoms with van der Waals surface area (Å²) in [5, 5.41) is 5.60. The van der Waals surface area contributed by atoms with E-state index in [1.807, 2.05) is 42.5 Å². The number of rotatable bonds is 5. The highest BCUT2D eigenvalue weighted by Gasteiger charge is 2.11. The maximum atomic E-state index is 12.0. The van der Waals surface area contributed by atoms with Gasteiger partial charge in [0.15, 0.2) is 0 Å². The summed E-state index contributed by atoms with van der Waals surface area (Å²) in [5.41, 5.74) is 8.15. The molecule has 0 fully saturated rings. The van der Waals surface area contributed by atoms with Crippen molar-refractivity contribution in [3.05, 3.63) is 59.7 Å². The fraction of sp³-hybridized carbons (Fsp3) is 0.188. The third-order valence-corrected chi connectivity index (χ3v) is 3.09. The van der Waals surface area contributed by atoms with Gasteiger partial charge in [0.2, 0.25) is 0 Å². The number of nitrogens with one attached hydrogen (secondary N) is 2. The quantitative estimate of drug-likeness (QED) is 0.790. The van der Waals surface area contributed by atoms with Crippen molar-refractivity contribution in [3.63, 3.8) is 0 Å². The Morgan fingerprint density at radius 1 is 1.14 bits per heavy atom. The average molecular weight is 285 g/mol. The van der Waals surface area contributed by atoms with Crippen LogP contribution in [0.15, 0.2) is 48.5 Å². The predicted octanol–water partition coefficient (Wildman–Crippen LogP) is 2.48. The third-order valence-electron chi connectivity index (χ3n) is 3.09. The van der Waals surface area contributed by atoms with Crippen LogP contribution in [0.3, 0.4) is 0 Å². The molecule has 0 atom stereocenters. The summed E-state index contributed by atoms with van der Waals surface area (Å²) in [5.74, 6) is 0.591. The molecule has 0 aliphatic rings. The molecule has 21 heavy (non-hydrogen) atoms. The number of anilines is 1. The number of hydrogen-bond donors (Lipinski definition) is 3. The van der Waals surface area contributed by atoms with Gasteiger partial charge in [-0.1, -0.05) is 42.5 Å². The van der Waals surface area contributed by atoms with Crippen molar-refractivity contribution in [1.29, 1.82) is 0 Å². The standard InChI is InChI=1S/C16H19N3O2/c1-21-14-9-5-8-13(10-17)15(14)19-16(20)18-11-12-6-3-2-4-7-12/h2-9H,10-11,17H2,1H3,(H2,18,19,20). The number of hydrogen-bond acceptors (Lipinski definition) is 3. The Morgan fingerprint density at radius 3 is 2.57 bits per heavy atom. The Balaban J connectivity index is 2.02. The van der Waals surface area contributed by atoms with Gasteiger partial charge in [0.1, 0.15) is 5.75 Å². The van der Waals surface area contributed by atoms with Crippen LogP contribution >= 0.6 is 0 Å². The monoisotopic (exact) mass is 285 g/mol. The second kappa shape index (κ2) is 7.31. The molecule has 0 heterocycles. The van der Waals surface area contributed by atoms with Gasteiger partial charge in [-0.3, -0.25) is 0 Å². The minimum atomic E-state index is -0.293. The molecule has 0 saturated carbocycles. The lowest BCUT2D eigenvalue weighted by atomic mass is 10.1. The zero-order valence-electron chi connectivity index (χ0n) is 11.9. The van der Waals surface area contributed by atoms with Crippen LogP contribution in [-0.2, 0) is 13.1 Å². The van der Waals surface area contributed by atoms with Crippen LogP contribution in [-0.4, -0.2) is 13.1 Å². The lowest BCUT2D eigenvalue weighted by Gasteiger charge is -2.14. The normalized spacial score (nSPS) is 10.0. The van der Waals surface area contributed by atoms with E-state index in [4.69, 9.17) is 10.5 Å². The highest BCUT2D eigenvalue weighted by molar-refractivity contribution is 5.92. The minimum absolute atomic E-state index is 0.293. The van der Waals surface area contributed by atoms with Gasteiger partial charge in [0, 0.05) is 13.1 Å². The van der Waals surface area contributed by atoms with Crippen LogP contribution in [0.5, 0.6) is 5.75 Å². The predicted molar refractivity (Wildman–Crippen MR) is 83.2 cm³/mol. The summed E-state index contributed by atoms with van der Waals surface area (Å²) in [6, 6.07) is 14.9.